The Balaban J connectivity index is 1.78. The first kappa shape index (κ1) is 15.3. The Morgan fingerprint density at radius 1 is 0.920 bits per heavy atom. The average molecular weight is 342 g/mol. The summed E-state index contributed by atoms with van der Waals surface area (Å²) >= 11 is 0. The molecule has 1 aliphatic rings. The molecule has 0 spiro atoms. The molecule has 3 N–H and O–H groups in total. The second kappa shape index (κ2) is 5.71. The molecule has 2 atom stereocenters. The van der Waals surface area contributed by atoms with Gasteiger partial charge in [-0.15, -0.1) is 0 Å². The fourth-order valence-electron chi connectivity index (χ4n) is 2.83. The lowest BCUT2D eigenvalue weighted by Crippen LogP contribution is -2.36. The first-order valence-corrected chi connectivity index (χ1v) is 7.59. The van der Waals surface area contributed by atoms with Gasteiger partial charge in [0.25, 0.3) is 0 Å². The maximum absolute atomic E-state index is 11.3. The van der Waals surface area contributed by atoms with Crippen LogP contribution in [0.4, 0.5) is 0 Å². The van der Waals surface area contributed by atoms with Gasteiger partial charge in [0.2, 0.25) is 0 Å². The fourth-order valence-corrected chi connectivity index (χ4v) is 2.83. The third-order valence-corrected chi connectivity index (χ3v) is 4.06. The predicted molar refractivity (Wildman–Crippen MR) is 87.1 cm³/mol. The van der Waals surface area contributed by atoms with Gasteiger partial charge in [-0.05, 0) is 24.3 Å². The molecule has 7 nitrogen and oxygen atoms in total. The molecule has 0 saturated heterocycles. The number of hydrogen-bond acceptors (Lipinski definition) is 7. The first-order valence-electron chi connectivity index (χ1n) is 7.59. The number of aliphatic hydroxyl groups is 1. The Bertz CT molecular complexity index is 1010. The molecule has 0 aliphatic carbocycles. The number of aliphatic hydroxyl groups excluding tert-OH is 1. The highest BCUT2D eigenvalue weighted by molar-refractivity contribution is 5.80. The second-order valence-corrected chi connectivity index (χ2v) is 5.72. The third kappa shape index (κ3) is 2.64. The van der Waals surface area contributed by atoms with Crippen LogP contribution < -0.4 is 15.1 Å². The maximum Gasteiger partial charge on any atom is 0.336 e. The van der Waals surface area contributed by atoms with E-state index in [2.05, 4.69) is 0 Å². The molecule has 0 bridgehead atoms. The number of aromatic hydroxyl groups is 2. The topological polar surface area (TPSA) is 109 Å². The normalized spacial score (nSPS) is 19.1. The van der Waals surface area contributed by atoms with Crippen molar-refractivity contribution in [3.8, 4) is 23.0 Å². The van der Waals surface area contributed by atoms with E-state index in [0.717, 1.165) is 0 Å². The molecular formula is C18H14O7. The fraction of sp³-hybridized carbons (Fsp3) is 0.167. The lowest BCUT2D eigenvalue weighted by Gasteiger charge is -2.33. The van der Waals surface area contributed by atoms with Crippen LogP contribution in [-0.4, -0.2) is 28.0 Å². The minimum absolute atomic E-state index is 0.248. The van der Waals surface area contributed by atoms with Crippen molar-refractivity contribution in [2.24, 2.45) is 0 Å². The van der Waals surface area contributed by atoms with Crippen LogP contribution in [0.5, 0.6) is 23.0 Å². The SMILES string of the molecule is O=c1ccc2cc3c(cc2o1)O[C@H](CO)[C@@H](c1ccc(O)c(O)c1)O3. The van der Waals surface area contributed by atoms with E-state index in [4.69, 9.17) is 13.9 Å². The van der Waals surface area contributed by atoms with E-state index in [-0.39, 0.29) is 18.1 Å². The molecule has 0 radical (unpaired) electrons. The Morgan fingerprint density at radius 3 is 2.48 bits per heavy atom. The summed E-state index contributed by atoms with van der Waals surface area (Å²) in [6.07, 6.45) is -1.42. The van der Waals surface area contributed by atoms with Crippen LogP contribution in [0, 0.1) is 0 Å². The smallest absolute Gasteiger partial charge is 0.336 e. The van der Waals surface area contributed by atoms with Gasteiger partial charge in [0.05, 0.1) is 6.61 Å². The van der Waals surface area contributed by atoms with Gasteiger partial charge in [-0.2, -0.15) is 0 Å². The molecule has 2 aromatic carbocycles. The van der Waals surface area contributed by atoms with Crippen LogP contribution in [0.15, 0.2) is 51.7 Å². The van der Waals surface area contributed by atoms with Crippen molar-refractivity contribution in [3.63, 3.8) is 0 Å². The van der Waals surface area contributed by atoms with Gasteiger partial charge in [0.1, 0.15) is 5.58 Å². The standard InChI is InChI=1S/C18H14O7/c19-8-16-18(10-1-3-11(20)12(21)5-10)25-14-6-9-2-4-17(22)24-13(9)7-15(14)23-16/h1-7,16,18-21H,8H2/t16-,18-/m1/s1. The first-order chi connectivity index (χ1) is 12.0. The van der Waals surface area contributed by atoms with Crippen molar-refractivity contribution in [1.29, 1.82) is 0 Å². The zero-order valence-corrected chi connectivity index (χ0v) is 12.9. The Hall–Kier alpha value is -3.19. The zero-order chi connectivity index (χ0) is 17.6. The molecule has 128 valence electrons. The van der Waals surface area contributed by atoms with E-state index < -0.39 is 17.8 Å². The summed E-state index contributed by atoms with van der Waals surface area (Å²) < 4.78 is 16.9. The number of phenols is 2. The lowest BCUT2D eigenvalue weighted by atomic mass is 10.0. The Morgan fingerprint density at radius 2 is 1.72 bits per heavy atom. The summed E-state index contributed by atoms with van der Waals surface area (Å²) in [7, 11) is 0. The van der Waals surface area contributed by atoms with Crippen LogP contribution >= 0.6 is 0 Å². The highest BCUT2D eigenvalue weighted by atomic mass is 16.6. The molecular weight excluding hydrogens is 328 g/mol. The van der Waals surface area contributed by atoms with Gasteiger partial charge in [-0.3, -0.25) is 0 Å². The highest BCUT2D eigenvalue weighted by Crippen LogP contribution is 2.42. The molecule has 0 unspecified atom stereocenters. The Kier molecular flexibility index (Phi) is 3.51. The van der Waals surface area contributed by atoms with Crippen molar-refractivity contribution in [2.45, 2.75) is 12.2 Å². The number of hydrogen-bond donors (Lipinski definition) is 3. The summed E-state index contributed by atoms with van der Waals surface area (Å²) in [5.74, 6) is 0.232. The minimum atomic E-state index is -0.732. The highest BCUT2D eigenvalue weighted by Gasteiger charge is 2.33. The number of fused-ring (bicyclic) bond motifs is 2. The number of ether oxygens (including phenoxy) is 2. The largest absolute Gasteiger partial charge is 0.504 e. The maximum atomic E-state index is 11.3. The predicted octanol–water partition coefficient (Wildman–Crippen LogP) is 2.08. The van der Waals surface area contributed by atoms with Crippen molar-refractivity contribution >= 4 is 11.0 Å². The van der Waals surface area contributed by atoms with Crippen molar-refractivity contribution in [2.75, 3.05) is 6.61 Å². The van der Waals surface area contributed by atoms with E-state index in [1.165, 1.54) is 18.2 Å². The van der Waals surface area contributed by atoms with E-state index in [1.807, 2.05) is 0 Å². The molecule has 1 aromatic heterocycles. The van der Waals surface area contributed by atoms with Crippen molar-refractivity contribution in [3.05, 3.63) is 58.4 Å². The summed E-state index contributed by atoms with van der Waals surface area (Å²) in [5, 5.41) is 29.5. The molecule has 2 heterocycles. The van der Waals surface area contributed by atoms with E-state index in [0.29, 0.717) is 28.0 Å². The van der Waals surface area contributed by atoms with Gasteiger partial charge >= 0.3 is 5.63 Å². The van der Waals surface area contributed by atoms with Crippen LogP contribution in [0.1, 0.15) is 11.7 Å². The molecule has 25 heavy (non-hydrogen) atoms. The van der Waals surface area contributed by atoms with Crippen LogP contribution in [-0.2, 0) is 0 Å². The van der Waals surface area contributed by atoms with Crippen molar-refractivity contribution in [1.82, 2.24) is 0 Å². The number of phenolic OH excluding ortho intramolecular Hbond substituents is 2. The summed E-state index contributed by atoms with van der Waals surface area (Å²) in [5.41, 5.74) is 0.423. The van der Waals surface area contributed by atoms with Gasteiger partial charge in [-0.25, -0.2) is 4.79 Å². The summed E-state index contributed by atoms with van der Waals surface area (Å²) in [4.78, 5) is 11.3. The third-order valence-electron chi connectivity index (χ3n) is 4.06. The molecule has 3 aromatic rings. The second-order valence-electron chi connectivity index (χ2n) is 5.72. The van der Waals surface area contributed by atoms with E-state index in [1.54, 1.807) is 24.3 Å². The molecule has 0 fully saturated rings. The van der Waals surface area contributed by atoms with Gasteiger partial charge in [0.15, 0.2) is 35.2 Å². The summed E-state index contributed by atoms with van der Waals surface area (Å²) in [6, 6.07) is 10.4. The Labute approximate surface area is 141 Å². The molecule has 0 saturated carbocycles. The number of rotatable bonds is 2. The monoisotopic (exact) mass is 342 g/mol. The van der Waals surface area contributed by atoms with Crippen LogP contribution in [0.25, 0.3) is 11.0 Å². The molecule has 0 amide bonds. The lowest BCUT2D eigenvalue weighted by molar-refractivity contribution is -0.0122. The molecule has 7 heteroatoms. The minimum Gasteiger partial charge on any atom is -0.504 e. The van der Waals surface area contributed by atoms with Gasteiger partial charge in [0, 0.05) is 23.1 Å². The molecule has 4 rings (SSSR count). The van der Waals surface area contributed by atoms with Crippen LogP contribution in [0.3, 0.4) is 0 Å². The van der Waals surface area contributed by atoms with E-state index >= 15 is 0 Å². The zero-order valence-electron chi connectivity index (χ0n) is 12.9. The van der Waals surface area contributed by atoms with E-state index in [9.17, 15) is 20.1 Å². The van der Waals surface area contributed by atoms with Gasteiger partial charge < -0.3 is 29.2 Å². The van der Waals surface area contributed by atoms with Crippen LogP contribution in [0.2, 0.25) is 0 Å². The average Bonchev–Trinajstić information content (AvgIpc) is 2.61. The van der Waals surface area contributed by atoms with Crippen molar-refractivity contribution < 1.29 is 29.2 Å². The number of benzene rings is 2. The molecule has 1 aliphatic heterocycles. The summed E-state index contributed by atoms with van der Waals surface area (Å²) in [6.45, 7) is -0.331. The van der Waals surface area contributed by atoms with Gasteiger partial charge in [-0.1, -0.05) is 6.07 Å². The quantitative estimate of drug-likeness (QED) is 0.483.